The van der Waals surface area contributed by atoms with E-state index in [1.807, 2.05) is 26.0 Å². The van der Waals surface area contributed by atoms with Crippen molar-refractivity contribution in [2.24, 2.45) is 0 Å². The average Bonchev–Trinajstić information content (AvgIpc) is 2.76. The Kier molecular flexibility index (Phi) is 3.91. The number of carbonyl (C=O) groups excluding carboxylic acids is 1. The SMILES string of the molecule is Cc1cc(C(=O)N2CCCC2(C)C(=O)O)c(C)cc1Br. The van der Waals surface area contributed by atoms with Gasteiger partial charge in [0.2, 0.25) is 0 Å². The van der Waals surface area contributed by atoms with Crippen molar-refractivity contribution in [3.63, 3.8) is 0 Å². The van der Waals surface area contributed by atoms with Crippen LogP contribution in [0, 0.1) is 13.8 Å². The number of hydrogen-bond acceptors (Lipinski definition) is 2. The van der Waals surface area contributed by atoms with E-state index in [9.17, 15) is 14.7 Å². The predicted molar refractivity (Wildman–Crippen MR) is 79.9 cm³/mol. The smallest absolute Gasteiger partial charge is 0.329 e. The lowest BCUT2D eigenvalue weighted by atomic mass is 9.97. The first-order valence-electron chi connectivity index (χ1n) is 6.59. The Balaban J connectivity index is 2.42. The molecule has 0 aliphatic carbocycles. The normalized spacial score (nSPS) is 22.1. The topological polar surface area (TPSA) is 57.6 Å². The van der Waals surface area contributed by atoms with Crippen molar-refractivity contribution in [1.29, 1.82) is 0 Å². The number of halogens is 1. The number of aliphatic carboxylic acids is 1. The van der Waals surface area contributed by atoms with E-state index >= 15 is 0 Å². The first-order valence-corrected chi connectivity index (χ1v) is 7.39. The molecule has 2 rings (SSSR count). The van der Waals surface area contributed by atoms with Gasteiger partial charge in [0.15, 0.2) is 0 Å². The number of benzene rings is 1. The quantitative estimate of drug-likeness (QED) is 0.900. The van der Waals surface area contributed by atoms with Gasteiger partial charge in [0.25, 0.3) is 5.91 Å². The molecule has 1 atom stereocenters. The average molecular weight is 340 g/mol. The van der Waals surface area contributed by atoms with Gasteiger partial charge in [-0.15, -0.1) is 0 Å². The highest BCUT2D eigenvalue weighted by atomic mass is 79.9. The molecule has 1 aromatic rings. The summed E-state index contributed by atoms with van der Waals surface area (Å²) in [5, 5.41) is 9.41. The minimum absolute atomic E-state index is 0.194. The molecule has 4 nitrogen and oxygen atoms in total. The van der Waals surface area contributed by atoms with E-state index in [1.54, 1.807) is 6.92 Å². The number of carboxylic acid groups (broad SMARTS) is 1. The fourth-order valence-electron chi connectivity index (χ4n) is 2.67. The maximum absolute atomic E-state index is 12.7. The van der Waals surface area contributed by atoms with E-state index in [4.69, 9.17) is 0 Å². The van der Waals surface area contributed by atoms with Gasteiger partial charge in [-0.1, -0.05) is 15.9 Å². The summed E-state index contributed by atoms with van der Waals surface area (Å²) < 4.78 is 0.953. The number of carbonyl (C=O) groups is 2. The summed E-state index contributed by atoms with van der Waals surface area (Å²) in [7, 11) is 0. The zero-order valence-electron chi connectivity index (χ0n) is 11.9. The zero-order valence-corrected chi connectivity index (χ0v) is 13.5. The number of amides is 1. The molecule has 1 fully saturated rings. The number of likely N-dealkylation sites (tertiary alicyclic amines) is 1. The van der Waals surface area contributed by atoms with E-state index in [1.165, 1.54) is 4.90 Å². The molecule has 20 heavy (non-hydrogen) atoms. The molecule has 1 aliphatic rings. The highest BCUT2D eigenvalue weighted by molar-refractivity contribution is 9.10. The Bertz CT molecular complexity index is 585. The van der Waals surface area contributed by atoms with E-state index in [-0.39, 0.29) is 5.91 Å². The second-order valence-electron chi connectivity index (χ2n) is 5.56. The number of carboxylic acids is 1. The predicted octanol–water partition coefficient (Wildman–Crippen LogP) is 3.15. The summed E-state index contributed by atoms with van der Waals surface area (Å²) in [6.07, 6.45) is 1.23. The molecular weight excluding hydrogens is 322 g/mol. The maximum Gasteiger partial charge on any atom is 0.329 e. The molecule has 1 aliphatic heterocycles. The summed E-state index contributed by atoms with van der Waals surface area (Å²) >= 11 is 3.44. The van der Waals surface area contributed by atoms with Crippen molar-refractivity contribution in [3.8, 4) is 0 Å². The largest absolute Gasteiger partial charge is 0.480 e. The second-order valence-corrected chi connectivity index (χ2v) is 6.41. The van der Waals surface area contributed by atoms with Gasteiger partial charge in [-0.25, -0.2) is 4.79 Å². The van der Waals surface area contributed by atoms with Gasteiger partial charge in [0.1, 0.15) is 5.54 Å². The summed E-state index contributed by atoms with van der Waals surface area (Å²) in [5.74, 6) is -1.13. The number of aryl methyl sites for hydroxylation is 2. The van der Waals surface area contributed by atoms with Crippen LogP contribution < -0.4 is 0 Å². The molecule has 1 saturated heterocycles. The van der Waals surface area contributed by atoms with E-state index in [2.05, 4.69) is 15.9 Å². The summed E-state index contributed by atoms with van der Waals surface area (Å²) in [6, 6.07) is 3.72. The summed E-state index contributed by atoms with van der Waals surface area (Å²) in [5.41, 5.74) is 1.31. The fourth-order valence-corrected chi connectivity index (χ4v) is 3.13. The van der Waals surface area contributed by atoms with Crippen LogP contribution in [-0.4, -0.2) is 34.0 Å². The van der Waals surface area contributed by atoms with Crippen molar-refractivity contribution >= 4 is 27.8 Å². The van der Waals surface area contributed by atoms with Gasteiger partial charge in [-0.3, -0.25) is 4.79 Å². The molecule has 0 bridgehead atoms. The monoisotopic (exact) mass is 339 g/mol. The first kappa shape index (κ1) is 15.0. The number of hydrogen-bond donors (Lipinski definition) is 1. The van der Waals surface area contributed by atoms with Gasteiger partial charge in [-0.2, -0.15) is 0 Å². The third-order valence-corrected chi connectivity index (χ3v) is 4.94. The van der Waals surface area contributed by atoms with Crippen molar-refractivity contribution in [2.45, 2.75) is 39.2 Å². The second kappa shape index (κ2) is 5.20. The van der Waals surface area contributed by atoms with Crippen LogP contribution in [0.1, 0.15) is 41.3 Å². The third kappa shape index (κ3) is 2.35. The molecule has 108 valence electrons. The molecule has 1 amide bonds. The third-order valence-electron chi connectivity index (χ3n) is 4.08. The summed E-state index contributed by atoms with van der Waals surface area (Å²) in [4.78, 5) is 25.7. The van der Waals surface area contributed by atoms with Crippen molar-refractivity contribution in [3.05, 3.63) is 33.3 Å². The Hall–Kier alpha value is -1.36. The minimum Gasteiger partial charge on any atom is -0.480 e. The van der Waals surface area contributed by atoms with Gasteiger partial charge >= 0.3 is 5.97 Å². The Morgan fingerprint density at radius 1 is 1.30 bits per heavy atom. The van der Waals surface area contributed by atoms with E-state index in [0.717, 1.165) is 22.0 Å². The Labute approximate surface area is 126 Å². The number of rotatable bonds is 2. The van der Waals surface area contributed by atoms with Gasteiger partial charge in [-0.05, 0) is 56.9 Å². The van der Waals surface area contributed by atoms with Crippen LogP contribution >= 0.6 is 15.9 Å². The van der Waals surface area contributed by atoms with Gasteiger partial charge in [0, 0.05) is 16.6 Å². The zero-order chi connectivity index (χ0) is 15.1. The van der Waals surface area contributed by atoms with Crippen molar-refractivity contribution < 1.29 is 14.7 Å². The maximum atomic E-state index is 12.7. The molecule has 0 spiro atoms. The number of nitrogens with zero attached hydrogens (tertiary/aromatic N) is 1. The van der Waals surface area contributed by atoms with E-state index < -0.39 is 11.5 Å². The fraction of sp³-hybridized carbons (Fsp3) is 0.467. The first-order chi connectivity index (χ1) is 9.27. The standard InChI is InChI=1S/C15H18BrNO3/c1-9-8-12(16)10(2)7-11(9)13(18)17-6-4-5-15(17,3)14(19)20/h7-8H,4-6H2,1-3H3,(H,19,20). The van der Waals surface area contributed by atoms with Crippen LogP contribution in [0.25, 0.3) is 0 Å². The molecule has 0 saturated carbocycles. The van der Waals surface area contributed by atoms with Crippen molar-refractivity contribution in [1.82, 2.24) is 4.90 Å². The van der Waals surface area contributed by atoms with Crippen LogP contribution in [0.5, 0.6) is 0 Å². The van der Waals surface area contributed by atoms with Crippen molar-refractivity contribution in [2.75, 3.05) is 6.54 Å². The molecule has 0 radical (unpaired) electrons. The molecule has 0 aromatic heterocycles. The van der Waals surface area contributed by atoms with Crippen LogP contribution in [0.4, 0.5) is 0 Å². The highest BCUT2D eigenvalue weighted by Crippen LogP contribution is 2.32. The molecule has 1 N–H and O–H groups in total. The van der Waals surface area contributed by atoms with Crippen LogP contribution in [0.2, 0.25) is 0 Å². The molecule has 1 heterocycles. The van der Waals surface area contributed by atoms with Crippen LogP contribution in [0.3, 0.4) is 0 Å². The van der Waals surface area contributed by atoms with E-state index in [0.29, 0.717) is 18.5 Å². The lowest BCUT2D eigenvalue weighted by Gasteiger charge is -2.31. The minimum atomic E-state index is -1.09. The summed E-state index contributed by atoms with van der Waals surface area (Å²) in [6.45, 7) is 5.91. The molecule has 1 unspecified atom stereocenters. The lowest BCUT2D eigenvalue weighted by molar-refractivity contribution is -0.147. The lowest BCUT2D eigenvalue weighted by Crippen LogP contribution is -2.50. The molecule has 5 heteroatoms. The molecule has 1 aromatic carbocycles. The van der Waals surface area contributed by atoms with Gasteiger partial charge < -0.3 is 10.0 Å². The Morgan fingerprint density at radius 3 is 2.55 bits per heavy atom. The van der Waals surface area contributed by atoms with Gasteiger partial charge in [0.05, 0.1) is 0 Å². The molecular formula is C15H18BrNO3. The van der Waals surface area contributed by atoms with Crippen LogP contribution in [0.15, 0.2) is 16.6 Å². The van der Waals surface area contributed by atoms with Crippen LogP contribution in [-0.2, 0) is 4.79 Å². The Morgan fingerprint density at radius 2 is 1.95 bits per heavy atom. The highest BCUT2D eigenvalue weighted by Gasteiger charge is 2.46.